The van der Waals surface area contributed by atoms with Crippen LogP contribution in [0.15, 0.2) is 42.5 Å². The molecular formula is C23H25NO5. The van der Waals surface area contributed by atoms with E-state index in [4.69, 9.17) is 14.2 Å². The summed E-state index contributed by atoms with van der Waals surface area (Å²) < 4.78 is 17.8. The summed E-state index contributed by atoms with van der Waals surface area (Å²) in [6.07, 6.45) is -0.403. The maximum Gasteiger partial charge on any atom is 0.419 e. The van der Waals surface area contributed by atoms with E-state index < -0.39 is 17.7 Å². The Morgan fingerprint density at radius 3 is 2.14 bits per heavy atom. The lowest BCUT2D eigenvalue weighted by Gasteiger charge is -2.20. The number of methoxy groups -OCH3 is 1. The first kappa shape index (κ1) is 20.5. The summed E-state index contributed by atoms with van der Waals surface area (Å²) in [5.74, 6) is 0.832. The van der Waals surface area contributed by atoms with E-state index >= 15 is 0 Å². The van der Waals surface area contributed by atoms with E-state index in [1.807, 2.05) is 46.8 Å². The van der Waals surface area contributed by atoms with Crippen molar-refractivity contribution in [1.82, 2.24) is 4.57 Å². The standard InChI is InChI=1S/C23H25NO5/c1-14-15(2)24(22(26)29-23(3,4)5)20-12-11-18(13-19(14)20)28-17-9-7-16(8-10-17)21(25)27-6/h7-13H,1-6H3. The van der Waals surface area contributed by atoms with Gasteiger partial charge in [-0.15, -0.1) is 0 Å². The smallest absolute Gasteiger partial charge is 0.419 e. The average Bonchev–Trinajstić information content (AvgIpc) is 2.91. The van der Waals surface area contributed by atoms with Gasteiger partial charge in [0.1, 0.15) is 17.1 Å². The highest BCUT2D eigenvalue weighted by atomic mass is 16.6. The van der Waals surface area contributed by atoms with Gasteiger partial charge in [0.05, 0.1) is 18.2 Å². The number of carbonyl (C=O) groups excluding carboxylic acids is 2. The zero-order valence-electron chi connectivity index (χ0n) is 17.5. The van der Waals surface area contributed by atoms with Gasteiger partial charge >= 0.3 is 12.1 Å². The summed E-state index contributed by atoms with van der Waals surface area (Å²) in [7, 11) is 1.34. The molecule has 0 atom stereocenters. The molecule has 2 aromatic carbocycles. The zero-order valence-corrected chi connectivity index (χ0v) is 17.5. The van der Waals surface area contributed by atoms with Crippen LogP contribution < -0.4 is 4.74 Å². The number of rotatable bonds is 3. The third-order valence-corrected chi connectivity index (χ3v) is 4.58. The minimum atomic E-state index is -0.576. The molecule has 0 spiro atoms. The Balaban J connectivity index is 1.92. The van der Waals surface area contributed by atoms with Gasteiger partial charge in [-0.2, -0.15) is 0 Å². The highest BCUT2D eigenvalue weighted by Gasteiger charge is 2.22. The molecule has 29 heavy (non-hydrogen) atoms. The van der Waals surface area contributed by atoms with Crippen LogP contribution in [0.25, 0.3) is 10.9 Å². The van der Waals surface area contributed by atoms with Gasteiger partial charge in [0.15, 0.2) is 0 Å². The summed E-state index contributed by atoms with van der Waals surface area (Å²) in [6, 6.07) is 12.3. The van der Waals surface area contributed by atoms with E-state index in [1.165, 1.54) is 7.11 Å². The monoisotopic (exact) mass is 395 g/mol. The van der Waals surface area contributed by atoms with Crippen molar-refractivity contribution >= 4 is 23.0 Å². The van der Waals surface area contributed by atoms with Gasteiger partial charge in [0.25, 0.3) is 0 Å². The maximum atomic E-state index is 12.7. The number of ether oxygens (including phenoxy) is 3. The fourth-order valence-corrected chi connectivity index (χ4v) is 3.07. The quantitative estimate of drug-likeness (QED) is 0.539. The van der Waals surface area contributed by atoms with E-state index in [-0.39, 0.29) is 0 Å². The fraction of sp³-hybridized carbons (Fsp3) is 0.304. The normalized spacial score (nSPS) is 11.4. The van der Waals surface area contributed by atoms with Gasteiger partial charge in [-0.3, -0.25) is 0 Å². The lowest BCUT2D eigenvalue weighted by molar-refractivity contribution is 0.0539. The largest absolute Gasteiger partial charge is 0.465 e. The summed E-state index contributed by atoms with van der Waals surface area (Å²) in [5.41, 5.74) is 2.46. The molecule has 3 aromatic rings. The molecule has 0 unspecified atom stereocenters. The van der Waals surface area contributed by atoms with Crippen LogP contribution in [-0.2, 0) is 9.47 Å². The van der Waals surface area contributed by atoms with Crippen molar-refractivity contribution in [3.63, 3.8) is 0 Å². The number of hydrogen-bond acceptors (Lipinski definition) is 5. The summed E-state index contributed by atoms with van der Waals surface area (Å²) in [5, 5.41) is 0.914. The van der Waals surface area contributed by atoms with Crippen LogP contribution in [0.4, 0.5) is 4.79 Å². The topological polar surface area (TPSA) is 66.8 Å². The van der Waals surface area contributed by atoms with E-state index in [1.54, 1.807) is 34.9 Å². The number of fused-ring (bicyclic) bond motifs is 1. The van der Waals surface area contributed by atoms with Crippen molar-refractivity contribution in [3.05, 3.63) is 59.3 Å². The van der Waals surface area contributed by atoms with Crippen molar-refractivity contribution < 1.29 is 23.8 Å². The summed E-state index contributed by atoms with van der Waals surface area (Å²) in [4.78, 5) is 24.2. The second kappa shape index (κ2) is 7.62. The number of carbonyl (C=O) groups is 2. The zero-order chi connectivity index (χ0) is 21.3. The SMILES string of the molecule is COC(=O)c1ccc(Oc2ccc3c(c2)c(C)c(C)n3C(=O)OC(C)(C)C)cc1. The second-order valence-electron chi connectivity index (χ2n) is 7.82. The second-order valence-corrected chi connectivity index (χ2v) is 7.82. The number of esters is 1. The van der Waals surface area contributed by atoms with Gasteiger partial charge < -0.3 is 14.2 Å². The predicted octanol–water partition coefficient (Wildman–Crippen LogP) is 5.62. The molecule has 0 bridgehead atoms. The lowest BCUT2D eigenvalue weighted by Crippen LogP contribution is -2.27. The molecule has 6 heteroatoms. The highest BCUT2D eigenvalue weighted by molar-refractivity contribution is 5.94. The molecule has 1 heterocycles. The third-order valence-electron chi connectivity index (χ3n) is 4.58. The molecule has 0 aliphatic heterocycles. The van der Waals surface area contributed by atoms with Crippen LogP contribution in [0.1, 0.15) is 42.4 Å². The van der Waals surface area contributed by atoms with Crippen LogP contribution >= 0.6 is 0 Å². The van der Waals surface area contributed by atoms with Crippen LogP contribution in [0.2, 0.25) is 0 Å². The number of nitrogens with zero attached hydrogens (tertiary/aromatic N) is 1. The number of aryl methyl sites for hydroxylation is 1. The molecule has 152 valence electrons. The van der Waals surface area contributed by atoms with Crippen molar-refractivity contribution in [2.24, 2.45) is 0 Å². The first-order valence-corrected chi connectivity index (χ1v) is 9.32. The molecule has 0 radical (unpaired) electrons. The van der Waals surface area contributed by atoms with Crippen molar-refractivity contribution in [1.29, 1.82) is 0 Å². The molecule has 3 rings (SSSR count). The van der Waals surface area contributed by atoms with Gasteiger partial charge in [0.2, 0.25) is 0 Å². The Hall–Kier alpha value is -3.28. The number of aromatic nitrogens is 1. The van der Waals surface area contributed by atoms with Crippen LogP contribution in [-0.4, -0.2) is 29.3 Å². The Morgan fingerprint density at radius 2 is 1.55 bits per heavy atom. The Labute approximate surface area is 170 Å². The molecule has 0 saturated carbocycles. The molecule has 1 aromatic heterocycles. The Morgan fingerprint density at radius 1 is 0.931 bits per heavy atom. The number of hydrogen-bond donors (Lipinski definition) is 0. The summed E-state index contributed by atoms with van der Waals surface area (Å²) in [6.45, 7) is 9.39. The molecule has 6 nitrogen and oxygen atoms in total. The van der Waals surface area contributed by atoms with Gasteiger partial charge in [-0.25, -0.2) is 14.2 Å². The average molecular weight is 395 g/mol. The minimum absolute atomic E-state index is 0.396. The molecule has 0 fully saturated rings. The van der Waals surface area contributed by atoms with E-state index in [2.05, 4.69) is 0 Å². The van der Waals surface area contributed by atoms with E-state index in [0.717, 1.165) is 22.2 Å². The first-order valence-electron chi connectivity index (χ1n) is 9.32. The summed E-state index contributed by atoms with van der Waals surface area (Å²) >= 11 is 0. The van der Waals surface area contributed by atoms with Gasteiger partial charge in [0, 0.05) is 11.1 Å². The molecule has 0 N–H and O–H groups in total. The van der Waals surface area contributed by atoms with Gasteiger partial charge in [-0.1, -0.05) is 0 Å². The van der Waals surface area contributed by atoms with E-state index in [0.29, 0.717) is 17.1 Å². The van der Waals surface area contributed by atoms with E-state index in [9.17, 15) is 9.59 Å². The third kappa shape index (κ3) is 4.26. The molecule has 0 saturated heterocycles. The van der Waals surface area contributed by atoms with Crippen LogP contribution in [0.5, 0.6) is 11.5 Å². The highest BCUT2D eigenvalue weighted by Crippen LogP contribution is 2.31. The minimum Gasteiger partial charge on any atom is -0.465 e. The molecule has 0 amide bonds. The number of benzene rings is 2. The predicted molar refractivity (Wildman–Crippen MR) is 111 cm³/mol. The molecule has 0 aliphatic carbocycles. The van der Waals surface area contributed by atoms with Crippen LogP contribution in [0.3, 0.4) is 0 Å². The van der Waals surface area contributed by atoms with Gasteiger partial charge in [-0.05, 0) is 82.6 Å². The lowest BCUT2D eigenvalue weighted by atomic mass is 10.1. The first-order chi connectivity index (χ1) is 13.6. The maximum absolute atomic E-state index is 12.7. The Bertz CT molecular complexity index is 1070. The van der Waals surface area contributed by atoms with Crippen molar-refractivity contribution in [2.45, 2.75) is 40.2 Å². The Kier molecular flexibility index (Phi) is 5.38. The van der Waals surface area contributed by atoms with Crippen molar-refractivity contribution in [2.75, 3.05) is 7.11 Å². The molecule has 0 aliphatic rings. The molecular weight excluding hydrogens is 370 g/mol. The van der Waals surface area contributed by atoms with Crippen molar-refractivity contribution in [3.8, 4) is 11.5 Å². The van der Waals surface area contributed by atoms with Crippen LogP contribution in [0, 0.1) is 13.8 Å². The fourth-order valence-electron chi connectivity index (χ4n) is 3.07.